The van der Waals surface area contributed by atoms with Crippen LogP contribution in [-0.2, 0) is 31.2 Å². The lowest BCUT2D eigenvalue weighted by atomic mass is 9.85. The summed E-state index contributed by atoms with van der Waals surface area (Å²) in [5, 5.41) is 9.66. The first-order valence-corrected chi connectivity index (χ1v) is 12.6. The Hall–Kier alpha value is -4.00. The molecule has 190 valence electrons. The minimum absolute atomic E-state index is 0.0144. The van der Waals surface area contributed by atoms with Crippen molar-refractivity contribution in [2.75, 3.05) is 6.54 Å². The number of amides is 1. The van der Waals surface area contributed by atoms with Gasteiger partial charge in [-0.05, 0) is 71.3 Å². The van der Waals surface area contributed by atoms with E-state index >= 15 is 4.39 Å². The largest absolute Gasteiger partial charge is 0.481 e. The van der Waals surface area contributed by atoms with Crippen molar-refractivity contribution in [1.29, 1.82) is 0 Å². The number of hydrogen-bond donors (Lipinski definition) is 1. The molecular formula is C30H30FN3O3. The van der Waals surface area contributed by atoms with Gasteiger partial charge in [-0.2, -0.15) is 0 Å². The van der Waals surface area contributed by atoms with E-state index in [-0.39, 0.29) is 12.3 Å². The molecule has 6 nitrogen and oxygen atoms in total. The van der Waals surface area contributed by atoms with Gasteiger partial charge < -0.3 is 14.6 Å². The fourth-order valence-electron chi connectivity index (χ4n) is 5.35. The molecule has 0 radical (unpaired) electrons. The van der Waals surface area contributed by atoms with E-state index in [4.69, 9.17) is 0 Å². The van der Waals surface area contributed by atoms with E-state index < -0.39 is 17.7 Å². The van der Waals surface area contributed by atoms with E-state index in [1.807, 2.05) is 48.2 Å². The number of aliphatic carboxylic acids is 1. The smallest absolute Gasteiger partial charge is 0.304 e. The molecule has 0 bridgehead atoms. The number of imidazole rings is 1. The Morgan fingerprint density at radius 1 is 1.11 bits per heavy atom. The summed E-state index contributed by atoms with van der Waals surface area (Å²) in [6.07, 6.45) is 2.94. The van der Waals surface area contributed by atoms with Crippen LogP contribution in [0, 0.1) is 12.7 Å². The van der Waals surface area contributed by atoms with Gasteiger partial charge in [0, 0.05) is 37.7 Å². The number of rotatable bonds is 6. The zero-order valence-electron chi connectivity index (χ0n) is 21.3. The number of nitrogens with zero attached hydrogens (tertiary/aromatic N) is 3. The Kier molecular flexibility index (Phi) is 6.54. The third-order valence-corrected chi connectivity index (χ3v) is 7.51. The van der Waals surface area contributed by atoms with Crippen molar-refractivity contribution in [1.82, 2.24) is 14.5 Å². The van der Waals surface area contributed by atoms with Crippen LogP contribution in [0.3, 0.4) is 0 Å². The molecule has 37 heavy (non-hydrogen) atoms. The van der Waals surface area contributed by atoms with Crippen LogP contribution in [0.2, 0.25) is 0 Å². The number of carboxylic acids is 1. The molecule has 2 heterocycles. The molecule has 1 unspecified atom stereocenters. The van der Waals surface area contributed by atoms with Crippen LogP contribution in [-0.4, -0.2) is 38.0 Å². The molecule has 1 N–H and O–H groups in total. The van der Waals surface area contributed by atoms with Gasteiger partial charge in [-0.15, -0.1) is 0 Å². The first kappa shape index (κ1) is 24.7. The van der Waals surface area contributed by atoms with Crippen LogP contribution in [0.4, 0.5) is 4.39 Å². The lowest BCUT2D eigenvalue weighted by Gasteiger charge is -2.30. The van der Waals surface area contributed by atoms with E-state index in [0.717, 1.165) is 23.1 Å². The van der Waals surface area contributed by atoms with Crippen LogP contribution >= 0.6 is 0 Å². The van der Waals surface area contributed by atoms with Gasteiger partial charge in [0.05, 0.1) is 23.8 Å². The van der Waals surface area contributed by atoms with Crippen LogP contribution in [0.15, 0.2) is 54.9 Å². The van der Waals surface area contributed by atoms with Crippen molar-refractivity contribution in [2.45, 2.75) is 45.6 Å². The molecule has 1 aliphatic rings. The molecule has 0 spiro atoms. The van der Waals surface area contributed by atoms with Crippen LogP contribution in [0.5, 0.6) is 0 Å². The summed E-state index contributed by atoms with van der Waals surface area (Å²) in [7, 11) is 1.79. The first-order valence-electron chi connectivity index (χ1n) is 12.6. The van der Waals surface area contributed by atoms with Gasteiger partial charge in [0.25, 0.3) is 5.91 Å². The third kappa shape index (κ3) is 4.73. The highest BCUT2D eigenvalue weighted by Crippen LogP contribution is 2.34. The molecular weight excluding hydrogens is 469 g/mol. The van der Waals surface area contributed by atoms with Gasteiger partial charge >= 0.3 is 5.97 Å². The number of aromatic nitrogens is 2. The summed E-state index contributed by atoms with van der Waals surface area (Å²) in [6, 6.07) is 14.7. The maximum absolute atomic E-state index is 15.3. The van der Waals surface area contributed by atoms with Crippen molar-refractivity contribution < 1.29 is 19.1 Å². The van der Waals surface area contributed by atoms with Gasteiger partial charge in [-0.3, -0.25) is 9.59 Å². The van der Waals surface area contributed by atoms with E-state index in [2.05, 4.69) is 11.9 Å². The molecule has 0 fully saturated rings. The molecule has 0 aliphatic carbocycles. The number of benzene rings is 3. The minimum Gasteiger partial charge on any atom is -0.481 e. The number of hydrogen-bond acceptors (Lipinski definition) is 3. The summed E-state index contributed by atoms with van der Waals surface area (Å²) in [6.45, 7) is 5.17. The fourth-order valence-corrected chi connectivity index (χ4v) is 5.35. The Balaban J connectivity index is 1.48. The summed E-state index contributed by atoms with van der Waals surface area (Å²) in [5.41, 5.74) is 7.40. The predicted molar refractivity (Wildman–Crippen MR) is 140 cm³/mol. The molecule has 1 aliphatic heterocycles. The predicted octanol–water partition coefficient (Wildman–Crippen LogP) is 5.39. The van der Waals surface area contributed by atoms with Crippen LogP contribution in [0.1, 0.15) is 63.0 Å². The number of carbonyl (C=O) groups excluding carboxylic acids is 1. The maximum atomic E-state index is 15.3. The highest BCUT2D eigenvalue weighted by molar-refractivity contribution is 5.94. The van der Waals surface area contributed by atoms with E-state index in [1.165, 1.54) is 11.6 Å². The number of halogens is 1. The average Bonchev–Trinajstić information content (AvgIpc) is 3.25. The average molecular weight is 500 g/mol. The molecule has 3 aromatic carbocycles. The fraction of sp³-hybridized carbons (Fsp3) is 0.300. The topological polar surface area (TPSA) is 75.4 Å². The second-order valence-electron chi connectivity index (χ2n) is 9.87. The summed E-state index contributed by atoms with van der Waals surface area (Å²) in [4.78, 5) is 31.3. The van der Waals surface area contributed by atoms with Crippen molar-refractivity contribution in [3.05, 3.63) is 99.6 Å². The Bertz CT molecular complexity index is 1520. The molecule has 1 atom stereocenters. The van der Waals surface area contributed by atoms with E-state index in [9.17, 15) is 14.7 Å². The van der Waals surface area contributed by atoms with E-state index in [1.54, 1.807) is 24.0 Å². The third-order valence-electron chi connectivity index (χ3n) is 7.51. The van der Waals surface area contributed by atoms with Crippen LogP contribution in [0.25, 0.3) is 11.0 Å². The normalized spacial score (nSPS) is 14.0. The zero-order chi connectivity index (χ0) is 26.3. The number of aryl methyl sites for hydroxylation is 3. The number of fused-ring (bicyclic) bond motifs is 2. The first-order chi connectivity index (χ1) is 17.7. The Morgan fingerprint density at radius 3 is 2.68 bits per heavy atom. The molecule has 0 saturated heterocycles. The van der Waals surface area contributed by atoms with Gasteiger partial charge in [-0.25, -0.2) is 9.37 Å². The lowest BCUT2D eigenvalue weighted by Crippen LogP contribution is -2.36. The quantitative estimate of drug-likeness (QED) is 0.386. The molecule has 4 aromatic rings. The second-order valence-corrected chi connectivity index (χ2v) is 9.87. The van der Waals surface area contributed by atoms with Crippen molar-refractivity contribution in [3.63, 3.8) is 0 Å². The number of carboxylic acid groups (broad SMARTS) is 1. The maximum Gasteiger partial charge on any atom is 0.304 e. The van der Waals surface area contributed by atoms with Gasteiger partial charge in [0.1, 0.15) is 5.82 Å². The van der Waals surface area contributed by atoms with Crippen molar-refractivity contribution in [2.24, 2.45) is 7.05 Å². The molecule has 1 aromatic heterocycles. The minimum atomic E-state index is -1.01. The van der Waals surface area contributed by atoms with Crippen molar-refractivity contribution >= 4 is 22.9 Å². The van der Waals surface area contributed by atoms with E-state index in [0.29, 0.717) is 47.2 Å². The summed E-state index contributed by atoms with van der Waals surface area (Å²) in [5.74, 6) is -2.15. The Morgan fingerprint density at radius 2 is 1.92 bits per heavy atom. The molecule has 5 rings (SSSR count). The Labute approximate surface area is 215 Å². The molecule has 1 amide bonds. The molecule has 0 saturated carbocycles. The number of carbonyl (C=O) groups is 2. The van der Waals surface area contributed by atoms with Gasteiger partial charge in [0.15, 0.2) is 0 Å². The SMILES string of the molecule is CCc1cc(C(=O)N2CCc3ccc(C(CC(=O)O)c4cc5ncn(C)c5cc4F)cc3C2)ccc1C. The highest BCUT2D eigenvalue weighted by Gasteiger charge is 2.26. The monoisotopic (exact) mass is 499 g/mol. The highest BCUT2D eigenvalue weighted by atomic mass is 19.1. The van der Waals surface area contributed by atoms with Gasteiger partial charge in [0.2, 0.25) is 0 Å². The summed E-state index contributed by atoms with van der Waals surface area (Å²) >= 11 is 0. The summed E-state index contributed by atoms with van der Waals surface area (Å²) < 4.78 is 17.0. The second kappa shape index (κ2) is 9.81. The van der Waals surface area contributed by atoms with Crippen LogP contribution < -0.4 is 0 Å². The zero-order valence-corrected chi connectivity index (χ0v) is 21.3. The van der Waals surface area contributed by atoms with Gasteiger partial charge in [-0.1, -0.05) is 31.2 Å². The van der Waals surface area contributed by atoms with Crippen molar-refractivity contribution in [3.8, 4) is 0 Å². The standard InChI is InChI=1S/C30H30FN3O3/c1-4-19-11-22(6-5-18(19)2)30(37)34-10-9-20-7-8-21(12-23(20)16-34)24(14-29(35)36)25-13-27-28(15-26(25)31)33(3)17-32-27/h5-8,11-13,15,17,24H,4,9-10,14,16H2,1-3H3,(H,35,36). The lowest BCUT2D eigenvalue weighted by molar-refractivity contribution is -0.137. The molecule has 7 heteroatoms.